The number of esters is 1. The molecule has 0 radical (unpaired) electrons. The number of aliphatic hydroxyl groups excluding tert-OH is 1. The van der Waals surface area contributed by atoms with Crippen LogP contribution < -0.4 is 14.2 Å². The van der Waals surface area contributed by atoms with Crippen LogP contribution in [0.25, 0.3) is 0 Å². The molecule has 224 valence electrons. The Morgan fingerprint density at radius 2 is 1.78 bits per heavy atom. The second-order valence-electron chi connectivity index (χ2n) is 10.7. The van der Waals surface area contributed by atoms with Crippen molar-refractivity contribution in [2.45, 2.75) is 57.4 Å². The minimum absolute atomic E-state index is 0.119. The van der Waals surface area contributed by atoms with Crippen LogP contribution in [0.15, 0.2) is 24.3 Å². The average Bonchev–Trinajstić information content (AvgIpc) is 3.58. The number of phenols is 1. The first-order valence-corrected chi connectivity index (χ1v) is 13.7. The van der Waals surface area contributed by atoms with Crippen LogP contribution in [-0.2, 0) is 34.9 Å². The molecule has 7 unspecified atom stereocenters. The van der Waals surface area contributed by atoms with E-state index in [1.807, 2.05) is 31.2 Å². The van der Waals surface area contributed by atoms with Crippen molar-refractivity contribution in [3.8, 4) is 23.0 Å². The predicted octanol–water partition coefficient (Wildman–Crippen LogP) is 3.03. The number of hydrogen-bond donors (Lipinski definition) is 2. The summed E-state index contributed by atoms with van der Waals surface area (Å²) in [5.74, 6) is 1.48. The molecule has 0 spiro atoms. The number of aromatic hydroxyl groups is 1. The molecule has 2 N–H and O–H groups in total. The number of ether oxygens (including phenoxy) is 8. The van der Waals surface area contributed by atoms with Crippen LogP contribution >= 0.6 is 0 Å². The van der Waals surface area contributed by atoms with E-state index in [-0.39, 0.29) is 48.7 Å². The number of cyclic esters (lactones) is 1. The molecule has 3 aliphatic heterocycles. The molecule has 4 aliphatic rings. The first kappa shape index (κ1) is 29.4. The van der Waals surface area contributed by atoms with Crippen molar-refractivity contribution in [1.82, 2.24) is 0 Å². The van der Waals surface area contributed by atoms with E-state index in [1.54, 1.807) is 14.0 Å². The zero-order valence-corrected chi connectivity index (χ0v) is 24.0. The van der Waals surface area contributed by atoms with Gasteiger partial charge in [0.2, 0.25) is 6.79 Å². The summed E-state index contributed by atoms with van der Waals surface area (Å²) in [6.07, 6.45) is -0.309. The Kier molecular flexibility index (Phi) is 8.91. The van der Waals surface area contributed by atoms with Crippen LogP contribution in [0.5, 0.6) is 23.0 Å². The highest BCUT2D eigenvalue weighted by Crippen LogP contribution is 2.51. The number of hydrogen-bond acceptors (Lipinski definition) is 11. The van der Waals surface area contributed by atoms with Gasteiger partial charge in [-0.05, 0) is 60.7 Å². The highest BCUT2D eigenvalue weighted by molar-refractivity contribution is 5.78. The normalized spacial score (nSPS) is 28.6. The third kappa shape index (κ3) is 5.96. The quantitative estimate of drug-likeness (QED) is 0.390. The monoisotopic (exact) mass is 574 g/mol. The highest BCUT2D eigenvalue weighted by Gasteiger charge is 2.48. The van der Waals surface area contributed by atoms with Gasteiger partial charge in [-0.3, -0.25) is 4.79 Å². The van der Waals surface area contributed by atoms with Gasteiger partial charge < -0.3 is 48.1 Å². The Bertz CT molecular complexity index is 1250. The fourth-order valence-electron chi connectivity index (χ4n) is 6.02. The molecule has 0 bridgehead atoms. The smallest absolute Gasteiger partial charge is 0.310 e. The number of carbonyl (C=O) groups is 1. The van der Waals surface area contributed by atoms with Gasteiger partial charge in [-0.15, -0.1) is 0 Å². The maximum Gasteiger partial charge on any atom is 0.310 e. The van der Waals surface area contributed by atoms with Crippen molar-refractivity contribution in [3.05, 3.63) is 46.5 Å². The van der Waals surface area contributed by atoms with E-state index in [9.17, 15) is 15.0 Å². The molecular formula is C30H38O11. The highest BCUT2D eigenvalue weighted by atomic mass is 16.7. The van der Waals surface area contributed by atoms with E-state index in [0.717, 1.165) is 28.9 Å². The fraction of sp³-hybridized carbons (Fsp3) is 0.567. The summed E-state index contributed by atoms with van der Waals surface area (Å²) in [6, 6.07) is 7.74. The molecule has 0 saturated carbocycles. The van der Waals surface area contributed by atoms with Crippen LogP contribution in [-0.4, -0.2) is 82.3 Å². The van der Waals surface area contributed by atoms with E-state index >= 15 is 0 Å². The van der Waals surface area contributed by atoms with Gasteiger partial charge in [-0.2, -0.15) is 0 Å². The lowest BCUT2D eigenvalue weighted by atomic mass is 9.67. The van der Waals surface area contributed by atoms with Crippen molar-refractivity contribution in [2.24, 2.45) is 11.8 Å². The largest absolute Gasteiger partial charge is 0.504 e. The molecule has 2 saturated heterocycles. The number of aryl methyl sites for hydroxylation is 1. The van der Waals surface area contributed by atoms with Gasteiger partial charge >= 0.3 is 5.97 Å². The van der Waals surface area contributed by atoms with Gasteiger partial charge in [-0.25, -0.2) is 0 Å². The molecule has 11 nitrogen and oxygen atoms in total. The van der Waals surface area contributed by atoms with E-state index in [1.165, 1.54) is 14.2 Å². The zero-order valence-electron chi connectivity index (χ0n) is 24.0. The lowest BCUT2D eigenvalue weighted by molar-refractivity contribution is -0.253. The summed E-state index contributed by atoms with van der Waals surface area (Å²) < 4.78 is 42.4. The molecule has 2 aromatic rings. The standard InChI is InChI=1S/C21H20O6.C9H18O5/c1-10-3-12(6-17(24-2)20(10)22)18-14-7-16-15(26-9-27-16)5-11(14)4-13-8-25-21(23)19(13)18;1-6(11-2)14-7-4-8(10)9(12-3)13-5-7/h3,5-7,13,18-19,22H,4,8-9H2,1-2H3;6-10H,4-5H2,1-3H3. The molecule has 11 heteroatoms. The number of methoxy groups -OCH3 is 3. The maximum atomic E-state index is 12.6. The first-order valence-electron chi connectivity index (χ1n) is 13.7. The summed E-state index contributed by atoms with van der Waals surface area (Å²) >= 11 is 0. The Morgan fingerprint density at radius 1 is 1.02 bits per heavy atom. The number of phenolic OH excluding ortho intramolecular Hbond substituents is 1. The Balaban J connectivity index is 0.000000205. The van der Waals surface area contributed by atoms with Crippen molar-refractivity contribution in [3.63, 3.8) is 0 Å². The zero-order chi connectivity index (χ0) is 29.3. The van der Waals surface area contributed by atoms with Crippen LogP contribution in [0.2, 0.25) is 0 Å². The van der Waals surface area contributed by atoms with E-state index in [4.69, 9.17) is 37.9 Å². The molecule has 7 atom stereocenters. The van der Waals surface area contributed by atoms with E-state index in [2.05, 4.69) is 0 Å². The molecule has 3 heterocycles. The van der Waals surface area contributed by atoms with Crippen molar-refractivity contribution < 1.29 is 52.9 Å². The van der Waals surface area contributed by atoms with Gasteiger partial charge in [0.25, 0.3) is 0 Å². The third-order valence-corrected chi connectivity index (χ3v) is 8.11. The lowest BCUT2D eigenvalue weighted by Crippen LogP contribution is -2.44. The average molecular weight is 575 g/mol. The SMILES string of the molecule is COC(C)OC1COC(OC)C(O)C1.COc1cc(C2c3cc4c(cc3CC3COC(=O)C32)OCO4)cc(C)c1O. The van der Waals surface area contributed by atoms with Crippen LogP contribution in [0, 0.1) is 18.8 Å². The van der Waals surface area contributed by atoms with Crippen LogP contribution in [0.3, 0.4) is 0 Å². The minimum atomic E-state index is -0.636. The molecule has 1 aliphatic carbocycles. The molecule has 2 aromatic carbocycles. The summed E-state index contributed by atoms with van der Waals surface area (Å²) in [5.41, 5.74) is 3.83. The van der Waals surface area contributed by atoms with E-state index < -0.39 is 12.4 Å². The van der Waals surface area contributed by atoms with Crippen molar-refractivity contribution in [1.29, 1.82) is 0 Å². The molecular weight excluding hydrogens is 536 g/mol. The van der Waals surface area contributed by atoms with Gasteiger partial charge in [0.15, 0.2) is 35.6 Å². The van der Waals surface area contributed by atoms with Crippen LogP contribution in [0.1, 0.15) is 41.5 Å². The van der Waals surface area contributed by atoms with E-state index in [0.29, 0.717) is 36.7 Å². The molecule has 2 fully saturated rings. The second-order valence-corrected chi connectivity index (χ2v) is 10.7. The second kappa shape index (κ2) is 12.4. The summed E-state index contributed by atoms with van der Waals surface area (Å²) in [4.78, 5) is 12.6. The fourth-order valence-corrected chi connectivity index (χ4v) is 6.02. The Hall–Kier alpha value is -3.09. The summed E-state index contributed by atoms with van der Waals surface area (Å²) in [6.45, 7) is 4.69. The predicted molar refractivity (Wildman–Crippen MR) is 144 cm³/mol. The number of carbonyl (C=O) groups excluding carboxylic acids is 1. The van der Waals surface area contributed by atoms with Gasteiger partial charge in [-0.1, -0.05) is 6.07 Å². The topological polar surface area (TPSA) is 131 Å². The molecule has 41 heavy (non-hydrogen) atoms. The lowest BCUT2D eigenvalue weighted by Gasteiger charge is -2.33. The number of fused-ring (bicyclic) bond motifs is 3. The van der Waals surface area contributed by atoms with Gasteiger partial charge in [0, 0.05) is 32.5 Å². The molecule has 0 aromatic heterocycles. The molecule has 0 amide bonds. The number of benzene rings is 2. The van der Waals surface area contributed by atoms with Gasteiger partial charge in [0.05, 0.1) is 32.3 Å². The molecule has 6 rings (SSSR count). The Labute approximate surface area is 239 Å². The summed E-state index contributed by atoms with van der Waals surface area (Å²) in [7, 11) is 4.60. The van der Waals surface area contributed by atoms with Gasteiger partial charge in [0.1, 0.15) is 6.10 Å². The van der Waals surface area contributed by atoms with Crippen LogP contribution in [0.4, 0.5) is 0 Å². The maximum absolute atomic E-state index is 12.6. The summed E-state index contributed by atoms with van der Waals surface area (Å²) in [5, 5.41) is 19.8. The Morgan fingerprint density at radius 3 is 2.46 bits per heavy atom. The van der Waals surface area contributed by atoms with Crippen molar-refractivity contribution in [2.75, 3.05) is 41.3 Å². The first-order chi connectivity index (χ1) is 19.7. The number of rotatable bonds is 6. The van der Waals surface area contributed by atoms with Crippen molar-refractivity contribution >= 4 is 5.97 Å². The third-order valence-electron chi connectivity index (χ3n) is 8.11. The minimum Gasteiger partial charge on any atom is -0.504 e. The number of aliphatic hydroxyl groups is 1.